The Morgan fingerprint density at radius 3 is 2.58 bits per heavy atom. The molecule has 1 N–H and O–H groups in total. The van der Waals surface area contributed by atoms with Crippen LogP contribution in [0, 0.1) is 0 Å². The monoisotopic (exact) mass is 542 g/mol. The van der Waals surface area contributed by atoms with E-state index in [4.69, 9.17) is 21.1 Å². The van der Waals surface area contributed by atoms with Crippen molar-refractivity contribution in [1.82, 2.24) is 5.32 Å². The van der Waals surface area contributed by atoms with E-state index in [1.807, 2.05) is 49.4 Å². The lowest BCUT2D eigenvalue weighted by Crippen LogP contribution is -2.19. The zero-order chi connectivity index (χ0) is 23.2. The summed E-state index contributed by atoms with van der Waals surface area (Å²) in [6, 6.07) is 20.8. The van der Waals surface area contributed by atoms with E-state index in [-0.39, 0.29) is 5.91 Å². The summed E-state index contributed by atoms with van der Waals surface area (Å²) < 4.78 is 12.6. The Bertz CT molecular complexity index is 1210. The zero-order valence-corrected chi connectivity index (χ0v) is 20.8. The number of thioether (sulfide) groups is 1. The van der Waals surface area contributed by atoms with Crippen molar-refractivity contribution in [2.45, 2.75) is 13.5 Å². The molecule has 0 bridgehead atoms. The van der Waals surface area contributed by atoms with Crippen LogP contribution in [-0.4, -0.2) is 17.7 Å². The van der Waals surface area contributed by atoms with Gasteiger partial charge in [-0.25, -0.2) is 4.99 Å². The molecule has 4 rings (SSSR count). The fraction of sp³-hybridized carbons (Fsp3) is 0.120. The Morgan fingerprint density at radius 1 is 1.09 bits per heavy atom. The Labute approximate surface area is 210 Å². The van der Waals surface area contributed by atoms with Crippen molar-refractivity contribution >= 4 is 62.1 Å². The van der Waals surface area contributed by atoms with Crippen molar-refractivity contribution in [3.05, 3.63) is 92.3 Å². The molecule has 1 aliphatic heterocycles. The van der Waals surface area contributed by atoms with Crippen LogP contribution in [0.4, 0.5) is 5.69 Å². The third kappa shape index (κ3) is 6.19. The van der Waals surface area contributed by atoms with Crippen molar-refractivity contribution in [3.8, 4) is 11.5 Å². The number of amides is 1. The molecule has 5 nitrogen and oxygen atoms in total. The summed E-state index contributed by atoms with van der Waals surface area (Å²) in [7, 11) is 0. The van der Waals surface area contributed by atoms with Gasteiger partial charge in [0.15, 0.2) is 16.7 Å². The number of carbonyl (C=O) groups excluding carboxylic acids is 1. The lowest BCUT2D eigenvalue weighted by molar-refractivity contribution is -0.115. The van der Waals surface area contributed by atoms with Crippen LogP contribution >= 0.6 is 39.3 Å². The molecule has 3 aromatic rings. The van der Waals surface area contributed by atoms with Crippen LogP contribution in [0.1, 0.15) is 18.1 Å². The normalized spacial score (nSPS) is 15.7. The lowest BCUT2D eigenvalue weighted by Gasteiger charge is -2.15. The Morgan fingerprint density at radius 2 is 1.85 bits per heavy atom. The van der Waals surface area contributed by atoms with Crippen LogP contribution in [0.5, 0.6) is 11.5 Å². The summed E-state index contributed by atoms with van der Waals surface area (Å²) in [5.41, 5.74) is 2.58. The largest absolute Gasteiger partial charge is 0.490 e. The quantitative estimate of drug-likeness (QED) is 0.327. The van der Waals surface area contributed by atoms with Gasteiger partial charge in [0.2, 0.25) is 0 Å². The molecule has 1 amide bonds. The van der Waals surface area contributed by atoms with Crippen LogP contribution in [0.2, 0.25) is 5.02 Å². The number of ether oxygens (including phenoxy) is 2. The minimum Gasteiger partial charge on any atom is -0.490 e. The van der Waals surface area contributed by atoms with Crippen LogP contribution in [0.25, 0.3) is 6.08 Å². The first-order chi connectivity index (χ1) is 16.0. The molecule has 0 aromatic heterocycles. The first-order valence-corrected chi connectivity index (χ1v) is 12.2. The molecular weight excluding hydrogens is 524 g/mol. The standard InChI is InChI=1S/C25H20BrClN2O3S/c1-2-31-21-13-17(12-20(26)23(21)32-15-16-6-4-3-5-7-16)14-22-24(30)29-25(33-22)28-19-10-8-18(27)9-11-19/h3-14H,2,15H2,1H3,(H,28,29,30)/b22-14-. The summed E-state index contributed by atoms with van der Waals surface area (Å²) in [4.78, 5) is 17.5. The molecule has 0 aliphatic carbocycles. The third-order valence-electron chi connectivity index (χ3n) is 4.56. The molecule has 33 heavy (non-hydrogen) atoms. The number of nitrogens with one attached hydrogen (secondary N) is 1. The summed E-state index contributed by atoms with van der Waals surface area (Å²) >= 11 is 10.8. The smallest absolute Gasteiger partial charge is 0.264 e. The second-order valence-electron chi connectivity index (χ2n) is 7.00. The molecule has 0 atom stereocenters. The molecule has 0 spiro atoms. The molecule has 1 aliphatic rings. The molecule has 0 unspecified atom stereocenters. The van der Waals surface area contributed by atoms with E-state index in [2.05, 4.69) is 26.2 Å². The molecule has 3 aromatic carbocycles. The van der Waals surface area contributed by atoms with Crippen molar-refractivity contribution in [2.75, 3.05) is 6.61 Å². The van der Waals surface area contributed by atoms with Gasteiger partial charge in [0.1, 0.15) is 6.61 Å². The Hall–Kier alpha value is -2.74. The fourth-order valence-electron chi connectivity index (χ4n) is 3.07. The highest BCUT2D eigenvalue weighted by atomic mass is 79.9. The van der Waals surface area contributed by atoms with Gasteiger partial charge in [-0.2, -0.15) is 0 Å². The SMILES string of the molecule is CCOc1cc(/C=C2\SC(=Nc3ccc(Cl)cc3)NC2=O)cc(Br)c1OCc1ccccc1. The van der Waals surface area contributed by atoms with Gasteiger partial charge in [-0.3, -0.25) is 4.79 Å². The van der Waals surface area contributed by atoms with Crippen molar-refractivity contribution in [3.63, 3.8) is 0 Å². The number of aliphatic imine (C=N–C) groups is 1. The highest BCUT2D eigenvalue weighted by Gasteiger charge is 2.24. The van der Waals surface area contributed by atoms with Crippen LogP contribution in [-0.2, 0) is 11.4 Å². The maximum absolute atomic E-state index is 12.5. The number of nitrogens with zero attached hydrogens (tertiary/aromatic N) is 1. The van der Waals surface area contributed by atoms with Crippen molar-refractivity contribution in [1.29, 1.82) is 0 Å². The van der Waals surface area contributed by atoms with Crippen LogP contribution < -0.4 is 14.8 Å². The molecule has 168 valence electrons. The first kappa shape index (κ1) is 23.4. The van der Waals surface area contributed by atoms with Gasteiger partial charge < -0.3 is 14.8 Å². The van der Waals surface area contributed by atoms with Gasteiger partial charge in [-0.15, -0.1) is 0 Å². The number of hydrogen-bond acceptors (Lipinski definition) is 5. The Balaban J connectivity index is 1.55. The molecule has 8 heteroatoms. The summed E-state index contributed by atoms with van der Waals surface area (Å²) in [5.74, 6) is 1.02. The van der Waals surface area contributed by atoms with E-state index >= 15 is 0 Å². The van der Waals surface area contributed by atoms with Gasteiger partial charge >= 0.3 is 0 Å². The van der Waals surface area contributed by atoms with E-state index in [0.29, 0.717) is 45.5 Å². The maximum atomic E-state index is 12.5. The zero-order valence-electron chi connectivity index (χ0n) is 17.7. The predicted molar refractivity (Wildman–Crippen MR) is 138 cm³/mol. The highest BCUT2D eigenvalue weighted by molar-refractivity contribution is 9.10. The average molecular weight is 544 g/mol. The number of rotatable bonds is 7. The molecule has 1 heterocycles. The van der Waals surface area contributed by atoms with Gasteiger partial charge in [0, 0.05) is 5.02 Å². The van der Waals surface area contributed by atoms with Crippen LogP contribution in [0.15, 0.2) is 81.1 Å². The summed E-state index contributed by atoms with van der Waals surface area (Å²) in [6.07, 6.45) is 1.80. The highest BCUT2D eigenvalue weighted by Crippen LogP contribution is 2.39. The minimum atomic E-state index is -0.203. The maximum Gasteiger partial charge on any atom is 0.264 e. The number of halogens is 2. The summed E-state index contributed by atoms with van der Waals surface area (Å²) in [6.45, 7) is 2.82. The predicted octanol–water partition coefficient (Wildman–Crippen LogP) is 6.97. The molecule has 0 radical (unpaired) electrons. The van der Waals surface area contributed by atoms with Gasteiger partial charge in [-0.05, 0) is 88.2 Å². The second kappa shape index (κ2) is 10.9. The van der Waals surface area contributed by atoms with Crippen molar-refractivity contribution in [2.24, 2.45) is 4.99 Å². The third-order valence-corrected chi connectivity index (χ3v) is 6.31. The molecule has 1 fully saturated rings. The number of amidine groups is 1. The topological polar surface area (TPSA) is 59.9 Å². The number of benzene rings is 3. The van der Waals surface area contributed by atoms with E-state index in [9.17, 15) is 4.79 Å². The summed E-state index contributed by atoms with van der Waals surface area (Å²) in [5, 5.41) is 3.94. The first-order valence-electron chi connectivity index (χ1n) is 10.2. The van der Waals surface area contributed by atoms with E-state index in [1.165, 1.54) is 11.8 Å². The minimum absolute atomic E-state index is 0.203. The van der Waals surface area contributed by atoms with Gasteiger partial charge in [-0.1, -0.05) is 41.9 Å². The van der Waals surface area contributed by atoms with E-state index < -0.39 is 0 Å². The van der Waals surface area contributed by atoms with Gasteiger partial charge in [0.05, 0.1) is 21.7 Å². The second-order valence-corrected chi connectivity index (χ2v) is 9.32. The molecular formula is C25H20BrClN2O3S. The fourth-order valence-corrected chi connectivity index (χ4v) is 4.61. The number of hydrogen-bond donors (Lipinski definition) is 1. The van der Waals surface area contributed by atoms with Gasteiger partial charge in [0.25, 0.3) is 5.91 Å². The van der Waals surface area contributed by atoms with Crippen molar-refractivity contribution < 1.29 is 14.3 Å². The average Bonchev–Trinajstić information content (AvgIpc) is 3.14. The van der Waals surface area contributed by atoms with Crippen LogP contribution in [0.3, 0.4) is 0 Å². The van der Waals surface area contributed by atoms with E-state index in [1.54, 1.807) is 30.3 Å². The number of carbonyl (C=O) groups is 1. The van der Waals surface area contributed by atoms with E-state index in [0.717, 1.165) is 15.6 Å². The lowest BCUT2D eigenvalue weighted by atomic mass is 10.1. The Kier molecular flexibility index (Phi) is 7.75. The molecule has 0 saturated carbocycles. The molecule has 1 saturated heterocycles.